The predicted octanol–water partition coefficient (Wildman–Crippen LogP) is 3.15. The Bertz CT molecular complexity index is 1080. The number of aryl methyl sites for hydroxylation is 1. The van der Waals surface area contributed by atoms with Gasteiger partial charge in [-0.2, -0.15) is 5.26 Å². The quantitative estimate of drug-likeness (QED) is 0.660. The summed E-state index contributed by atoms with van der Waals surface area (Å²) in [5, 5.41) is 12.0. The molecule has 2 aromatic carbocycles. The Hall–Kier alpha value is -2.44. The third kappa shape index (κ3) is 6.52. The number of rotatable bonds is 7. The summed E-state index contributed by atoms with van der Waals surface area (Å²) in [7, 11) is -3.55. The normalized spacial score (nSPS) is 17.1. The molecule has 1 atom stereocenters. The van der Waals surface area contributed by atoms with Crippen LogP contribution < -0.4 is 10.0 Å². The van der Waals surface area contributed by atoms with Gasteiger partial charge in [0.2, 0.25) is 15.9 Å². The van der Waals surface area contributed by atoms with E-state index in [1.807, 2.05) is 17.9 Å². The number of sulfonamides is 1. The fourth-order valence-electron chi connectivity index (χ4n) is 3.58. The molecule has 3 rings (SSSR count). The van der Waals surface area contributed by atoms with Gasteiger partial charge in [0.05, 0.1) is 22.0 Å². The van der Waals surface area contributed by atoms with Gasteiger partial charge in [0, 0.05) is 18.8 Å². The van der Waals surface area contributed by atoms with E-state index in [0.717, 1.165) is 24.9 Å². The topological polar surface area (TPSA) is 102 Å². The number of carbonyl (C=O) groups is 1. The predicted molar refractivity (Wildman–Crippen MR) is 120 cm³/mol. The van der Waals surface area contributed by atoms with Crippen molar-refractivity contribution >= 4 is 33.2 Å². The molecule has 31 heavy (non-hydrogen) atoms. The van der Waals surface area contributed by atoms with E-state index in [4.69, 9.17) is 16.9 Å². The second kappa shape index (κ2) is 10.2. The molecular weight excluding hydrogens is 436 g/mol. The van der Waals surface area contributed by atoms with Crippen LogP contribution in [0.4, 0.5) is 5.69 Å². The summed E-state index contributed by atoms with van der Waals surface area (Å²) in [6.45, 7) is 3.87. The molecule has 7 nitrogen and oxygen atoms in total. The lowest BCUT2D eigenvalue weighted by Crippen LogP contribution is -2.43. The number of benzene rings is 2. The number of hydrogen-bond acceptors (Lipinski definition) is 5. The number of anilines is 1. The van der Waals surface area contributed by atoms with Crippen LogP contribution in [0.1, 0.15) is 24.0 Å². The van der Waals surface area contributed by atoms with Crippen LogP contribution >= 0.6 is 11.6 Å². The van der Waals surface area contributed by atoms with Crippen molar-refractivity contribution in [2.24, 2.45) is 5.92 Å². The lowest BCUT2D eigenvalue weighted by atomic mass is 9.98. The van der Waals surface area contributed by atoms with Crippen LogP contribution in [0.15, 0.2) is 47.4 Å². The van der Waals surface area contributed by atoms with Gasteiger partial charge in [-0.05, 0) is 62.6 Å². The molecule has 1 amide bonds. The Labute approximate surface area is 188 Å². The number of nitrogens with zero attached hydrogens (tertiary/aromatic N) is 2. The molecule has 1 saturated heterocycles. The highest BCUT2D eigenvalue weighted by atomic mass is 35.5. The lowest BCUT2D eigenvalue weighted by molar-refractivity contribution is -0.117. The van der Waals surface area contributed by atoms with Crippen LogP contribution in [0.25, 0.3) is 0 Å². The van der Waals surface area contributed by atoms with Crippen molar-refractivity contribution in [2.45, 2.75) is 24.7 Å². The van der Waals surface area contributed by atoms with Gasteiger partial charge in [0.1, 0.15) is 6.07 Å². The first-order valence-corrected chi connectivity index (χ1v) is 11.9. The van der Waals surface area contributed by atoms with Gasteiger partial charge in [0.15, 0.2) is 0 Å². The molecular formula is C22H25ClN4O3S. The zero-order chi connectivity index (χ0) is 22.4. The molecule has 0 radical (unpaired) electrons. The SMILES string of the molecule is Cc1ccc(S(=O)(=O)NCC2CCCN(CC(=O)Nc3ccc(C#N)c(Cl)c3)C2)cc1. The van der Waals surface area contributed by atoms with E-state index in [1.54, 1.807) is 42.5 Å². The maximum atomic E-state index is 12.5. The van der Waals surface area contributed by atoms with Crippen molar-refractivity contribution in [3.63, 3.8) is 0 Å². The molecule has 0 aliphatic carbocycles. The third-order valence-corrected chi connectivity index (χ3v) is 6.99. The van der Waals surface area contributed by atoms with Crippen LogP contribution in [0.3, 0.4) is 0 Å². The van der Waals surface area contributed by atoms with Gasteiger partial charge in [-0.15, -0.1) is 0 Å². The number of nitriles is 1. The Morgan fingerprint density at radius 3 is 2.68 bits per heavy atom. The van der Waals surface area contributed by atoms with E-state index < -0.39 is 10.0 Å². The second-order valence-electron chi connectivity index (χ2n) is 7.76. The highest BCUT2D eigenvalue weighted by Gasteiger charge is 2.24. The smallest absolute Gasteiger partial charge is 0.240 e. The second-order valence-corrected chi connectivity index (χ2v) is 9.94. The molecule has 9 heteroatoms. The van der Waals surface area contributed by atoms with Gasteiger partial charge in [0.25, 0.3) is 0 Å². The van der Waals surface area contributed by atoms with Gasteiger partial charge in [-0.1, -0.05) is 29.3 Å². The summed E-state index contributed by atoms with van der Waals surface area (Å²) in [5.41, 5.74) is 1.89. The van der Waals surface area contributed by atoms with E-state index >= 15 is 0 Å². The molecule has 1 unspecified atom stereocenters. The summed E-state index contributed by atoms with van der Waals surface area (Å²) >= 11 is 6.01. The highest BCUT2D eigenvalue weighted by molar-refractivity contribution is 7.89. The summed E-state index contributed by atoms with van der Waals surface area (Å²) < 4.78 is 27.7. The number of halogens is 1. The van der Waals surface area contributed by atoms with Gasteiger partial charge in [-0.25, -0.2) is 13.1 Å². The van der Waals surface area contributed by atoms with Crippen molar-refractivity contribution in [3.8, 4) is 6.07 Å². The van der Waals surface area contributed by atoms with Crippen LogP contribution in [0, 0.1) is 24.2 Å². The summed E-state index contributed by atoms with van der Waals surface area (Å²) in [4.78, 5) is 14.7. The molecule has 0 bridgehead atoms. The fourth-order valence-corrected chi connectivity index (χ4v) is 4.92. The first kappa shape index (κ1) is 23.2. The summed E-state index contributed by atoms with van der Waals surface area (Å²) in [5.74, 6) is -0.0483. The Kier molecular flexibility index (Phi) is 7.68. The number of piperidine rings is 1. The molecule has 1 aliphatic heterocycles. The van der Waals surface area contributed by atoms with E-state index in [0.29, 0.717) is 29.4 Å². The van der Waals surface area contributed by atoms with Crippen molar-refractivity contribution in [1.82, 2.24) is 9.62 Å². The van der Waals surface area contributed by atoms with Crippen LogP contribution in [-0.4, -0.2) is 45.4 Å². The largest absolute Gasteiger partial charge is 0.325 e. The molecule has 2 N–H and O–H groups in total. The number of amides is 1. The van der Waals surface area contributed by atoms with E-state index in [2.05, 4.69) is 10.0 Å². The minimum absolute atomic E-state index is 0.131. The zero-order valence-electron chi connectivity index (χ0n) is 17.3. The molecule has 1 heterocycles. The summed E-state index contributed by atoms with van der Waals surface area (Å²) in [6, 6.07) is 13.5. The average Bonchev–Trinajstić information content (AvgIpc) is 2.73. The molecule has 164 valence electrons. The molecule has 1 fully saturated rings. The molecule has 2 aromatic rings. The van der Waals surface area contributed by atoms with Gasteiger partial charge in [-0.3, -0.25) is 9.69 Å². The molecule has 0 aromatic heterocycles. The Morgan fingerprint density at radius 2 is 2.00 bits per heavy atom. The maximum absolute atomic E-state index is 12.5. The van der Waals surface area contributed by atoms with Gasteiger partial charge < -0.3 is 5.32 Å². The first-order chi connectivity index (χ1) is 14.8. The standard InChI is InChI=1S/C22H25ClN4O3S/c1-16-4-8-20(9-5-16)31(29,30)25-13-17-3-2-10-27(14-17)15-22(28)26-19-7-6-18(12-24)21(23)11-19/h4-9,11,17,25H,2-3,10,13-15H2,1H3,(H,26,28). The van der Waals surface area contributed by atoms with Gasteiger partial charge >= 0.3 is 0 Å². The van der Waals surface area contributed by atoms with Crippen molar-refractivity contribution in [2.75, 3.05) is 31.5 Å². The Morgan fingerprint density at radius 1 is 1.26 bits per heavy atom. The van der Waals surface area contributed by atoms with Crippen molar-refractivity contribution in [1.29, 1.82) is 5.26 Å². The van der Waals surface area contributed by atoms with Crippen LogP contribution in [-0.2, 0) is 14.8 Å². The molecule has 0 saturated carbocycles. The average molecular weight is 461 g/mol. The van der Waals surface area contributed by atoms with E-state index in [1.165, 1.54) is 0 Å². The van der Waals surface area contributed by atoms with Crippen LogP contribution in [0.2, 0.25) is 5.02 Å². The zero-order valence-corrected chi connectivity index (χ0v) is 18.8. The minimum atomic E-state index is -3.55. The maximum Gasteiger partial charge on any atom is 0.240 e. The number of likely N-dealkylation sites (tertiary alicyclic amines) is 1. The Balaban J connectivity index is 1.51. The fraction of sp³-hybridized carbons (Fsp3) is 0.364. The monoisotopic (exact) mass is 460 g/mol. The summed E-state index contributed by atoms with van der Waals surface area (Å²) in [6.07, 6.45) is 1.80. The minimum Gasteiger partial charge on any atom is -0.325 e. The molecule has 1 aliphatic rings. The van der Waals surface area contributed by atoms with Crippen molar-refractivity contribution in [3.05, 3.63) is 58.6 Å². The lowest BCUT2D eigenvalue weighted by Gasteiger charge is -2.32. The highest BCUT2D eigenvalue weighted by Crippen LogP contribution is 2.21. The van der Waals surface area contributed by atoms with Crippen LogP contribution in [0.5, 0.6) is 0 Å². The molecule has 0 spiro atoms. The number of hydrogen-bond donors (Lipinski definition) is 2. The number of nitrogens with one attached hydrogen (secondary N) is 2. The number of carbonyl (C=O) groups excluding carboxylic acids is 1. The van der Waals surface area contributed by atoms with E-state index in [9.17, 15) is 13.2 Å². The van der Waals surface area contributed by atoms with E-state index in [-0.39, 0.29) is 23.3 Å². The first-order valence-electron chi connectivity index (χ1n) is 10.0. The third-order valence-electron chi connectivity index (χ3n) is 5.24. The van der Waals surface area contributed by atoms with Crippen molar-refractivity contribution < 1.29 is 13.2 Å².